The van der Waals surface area contributed by atoms with Crippen molar-refractivity contribution in [2.75, 3.05) is 0 Å². The highest BCUT2D eigenvalue weighted by atomic mass is 35.5. The van der Waals surface area contributed by atoms with Gasteiger partial charge in [-0.25, -0.2) is 0 Å². The van der Waals surface area contributed by atoms with E-state index in [-0.39, 0.29) is 12.1 Å². The van der Waals surface area contributed by atoms with Gasteiger partial charge in [0, 0.05) is 18.3 Å². The summed E-state index contributed by atoms with van der Waals surface area (Å²) < 4.78 is 5.98. The molecule has 1 unspecified atom stereocenters. The molecule has 2 N–H and O–H groups in total. The summed E-state index contributed by atoms with van der Waals surface area (Å²) >= 11 is 6.18. The molecule has 0 amide bonds. The van der Waals surface area contributed by atoms with Crippen LogP contribution in [0.3, 0.4) is 0 Å². The van der Waals surface area contributed by atoms with Gasteiger partial charge in [-0.2, -0.15) is 0 Å². The fourth-order valence-corrected chi connectivity index (χ4v) is 2.68. The Morgan fingerprint density at radius 3 is 2.67 bits per heavy atom. The fourth-order valence-electron chi connectivity index (χ4n) is 2.53. The molecule has 0 aliphatic heterocycles. The Morgan fingerprint density at radius 2 is 2.06 bits per heavy atom. The first-order valence-electron chi connectivity index (χ1n) is 6.61. The number of nitrogens with zero attached hydrogens (tertiary/aromatic N) is 1. The Hall–Kier alpha value is -0.800. The van der Waals surface area contributed by atoms with E-state index in [1.165, 1.54) is 0 Å². The Kier molecular flexibility index (Phi) is 4.46. The Balaban J connectivity index is 1.94. The smallest absolute Gasteiger partial charge is 0.141 e. The first kappa shape index (κ1) is 13.6. The number of halogens is 1. The maximum absolute atomic E-state index is 6.18. The van der Waals surface area contributed by atoms with Crippen molar-refractivity contribution in [3.8, 4) is 5.75 Å². The Labute approximate surface area is 114 Å². The molecule has 0 spiro atoms. The third kappa shape index (κ3) is 3.15. The highest BCUT2D eigenvalue weighted by molar-refractivity contribution is 6.32. The van der Waals surface area contributed by atoms with Gasteiger partial charge in [0.1, 0.15) is 10.8 Å². The summed E-state index contributed by atoms with van der Waals surface area (Å²) in [4.78, 5) is 4.14. The Bertz CT molecular complexity index is 401. The lowest BCUT2D eigenvalue weighted by atomic mass is 9.83. The fraction of sp³-hybridized carbons (Fsp3) is 0.643. The molecule has 3 nitrogen and oxygen atoms in total. The summed E-state index contributed by atoms with van der Waals surface area (Å²) in [6.45, 7) is 3.98. The minimum Gasteiger partial charge on any atom is -0.489 e. The van der Waals surface area contributed by atoms with Gasteiger partial charge in [0.05, 0.1) is 11.8 Å². The molecule has 2 rings (SSSR count). The van der Waals surface area contributed by atoms with Gasteiger partial charge in [0.25, 0.3) is 0 Å². The third-order valence-corrected chi connectivity index (χ3v) is 4.24. The van der Waals surface area contributed by atoms with Gasteiger partial charge < -0.3 is 10.5 Å². The van der Waals surface area contributed by atoms with Crippen LogP contribution >= 0.6 is 11.6 Å². The minimum absolute atomic E-state index is 0.263. The molecule has 0 aromatic carbocycles. The third-order valence-electron chi connectivity index (χ3n) is 3.78. The molecule has 1 atom stereocenters. The standard InChI is InChI=1S/C14H21ClN2O/c1-9(16)11-3-5-12(6-4-11)18-13-7-8-17-10(2)14(13)15/h7-9,11-12H,3-6,16H2,1-2H3. The first-order chi connectivity index (χ1) is 8.58. The average molecular weight is 269 g/mol. The van der Waals surface area contributed by atoms with Crippen molar-refractivity contribution in [2.24, 2.45) is 11.7 Å². The molecular weight excluding hydrogens is 248 g/mol. The summed E-state index contributed by atoms with van der Waals surface area (Å²) in [5.41, 5.74) is 6.76. The molecule has 1 aromatic rings. The van der Waals surface area contributed by atoms with E-state index in [0.29, 0.717) is 10.9 Å². The maximum atomic E-state index is 6.18. The molecule has 1 aliphatic rings. The molecule has 1 aromatic heterocycles. The van der Waals surface area contributed by atoms with E-state index in [9.17, 15) is 0 Å². The van der Waals surface area contributed by atoms with E-state index < -0.39 is 0 Å². The zero-order chi connectivity index (χ0) is 13.1. The van der Waals surface area contributed by atoms with Crippen LogP contribution in [0.5, 0.6) is 5.75 Å². The van der Waals surface area contributed by atoms with Crippen molar-refractivity contribution in [1.29, 1.82) is 0 Å². The van der Waals surface area contributed by atoms with Gasteiger partial charge in [0.15, 0.2) is 0 Å². The van der Waals surface area contributed by atoms with Crippen molar-refractivity contribution in [3.05, 3.63) is 23.0 Å². The maximum Gasteiger partial charge on any atom is 0.141 e. The van der Waals surface area contributed by atoms with E-state index in [2.05, 4.69) is 11.9 Å². The molecule has 0 bridgehead atoms. The number of nitrogens with two attached hydrogens (primary N) is 1. The highest BCUT2D eigenvalue weighted by Crippen LogP contribution is 2.32. The molecule has 4 heteroatoms. The largest absolute Gasteiger partial charge is 0.489 e. The second-order valence-corrected chi connectivity index (χ2v) is 5.60. The molecule has 100 valence electrons. The van der Waals surface area contributed by atoms with Gasteiger partial charge in [-0.3, -0.25) is 4.98 Å². The average Bonchev–Trinajstić information content (AvgIpc) is 2.36. The predicted molar refractivity (Wildman–Crippen MR) is 74.0 cm³/mol. The number of hydrogen-bond donors (Lipinski definition) is 1. The van der Waals surface area contributed by atoms with E-state index in [4.69, 9.17) is 22.1 Å². The molecule has 1 heterocycles. The summed E-state index contributed by atoms with van der Waals surface area (Å²) in [5.74, 6) is 1.40. The van der Waals surface area contributed by atoms with Crippen LogP contribution in [0.2, 0.25) is 5.02 Å². The van der Waals surface area contributed by atoms with Gasteiger partial charge in [-0.05, 0) is 45.4 Å². The lowest BCUT2D eigenvalue weighted by molar-refractivity contribution is 0.125. The molecule has 0 saturated heterocycles. The molecular formula is C14H21ClN2O. The first-order valence-corrected chi connectivity index (χ1v) is 6.99. The van der Waals surface area contributed by atoms with Crippen LogP contribution in [0.4, 0.5) is 0 Å². The molecule has 1 fully saturated rings. The van der Waals surface area contributed by atoms with Crippen LogP contribution < -0.4 is 10.5 Å². The van der Waals surface area contributed by atoms with Crippen molar-refractivity contribution in [1.82, 2.24) is 4.98 Å². The van der Waals surface area contributed by atoms with E-state index in [0.717, 1.165) is 37.1 Å². The van der Waals surface area contributed by atoms with Gasteiger partial charge in [-0.1, -0.05) is 11.6 Å². The van der Waals surface area contributed by atoms with Crippen LogP contribution in [0.15, 0.2) is 12.3 Å². The van der Waals surface area contributed by atoms with Crippen molar-refractivity contribution in [3.63, 3.8) is 0 Å². The summed E-state index contributed by atoms with van der Waals surface area (Å²) in [6.07, 6.45) is 6.41. The van der Waals surface area contributed by atoms with Crippen molar-refractivity contribution >= 4 is 11.6 Å². The zero-order valence-corrected chi connectivity index (χ0v) is 11.8. The molecule has 1 saturated carbocycles. The SMILES string of the molecule is Cc1nccc(OC2CCC(C(C)N)CC2)c1Cl. The number of rotatable bonds is 3. The number of ether oxygens (including phenoxy) is 1. The van der Waals surface area contributed by atoms with Crippen molar-refractivity contribution in [2.45, 2.75) is 51.7 Å². The normalized spacial score (nSPS) is 25.8. The van der Waals surface area contributed by atoms with Gasteiger partial charge >= 0.3 is 0 Å². The molecule has 1 aliphatic carbocycles. The summed E-state index contributed by atoms with van der Waals surface area (Å²) in [6, 6.07) is 2.13. The molecule has 18 heavy (non-hydrogen) atoms. The van der Waals surface area contributed by atoms with Crippen LogP contribution in [0, 0.1) is 12.8 Å². The Morgan fingerprint density at radius 1 is 1.39 bits per heavy atom. The number of aryl methyl sites for hydroxylation is 1. The van der Waals surface area contributed by atoms with Crippen LogP contribution in [-0.2, 0) is 0 Å². The summed E-state index contributed by atoms with van der Waals surface area (Å²) in [5, 5.41) is 0.631. The highest BCUT2D eigenvalue weighted by Gasteiger charge is 2.25. The lowest BCUT2D eigenvalue weighted by Gasteiger charge is -2.31. The van der Waals surface area contributed by atoms with Crippen LogP contribution in [0.1, 0.15) is 38.3 Å². The lowest BCUT2D eigenvalue weighted by Crippen LogP contribution is -2.33. The topological polar surface area (TPSA) is 48.1 Å². The molecule has 0 radical (unpaired) electrons. The van der Waals surface area contributed by atoms with Gasteiger partial charge in [-0.15, -0.1) is 0 Å². The van der Waals surface area contributed by atoms with E-state index in [1.54, 1.807) is 6.20 Å². The second kappa shape index (κ2) is 5.89. The number of aromatic nitrogens is 1. The van der Waals surface area contributed by atoms with E-state index >= 15 is 0 Å². The van der Waals surface area contributed by atoms with Crippen molar-refractivity contribution < 1.29 is 4.74 Å². The van der Waals surface area contributed by atoms with Crippen LogP contribution in [-0.4, -0.2) is 17.1 Å². The zero-order valence-electron chi connectivity index (χ0n) is 11.0. The predicted octanol–water partition coefficient (Wildman–Crippen LogP) is 3.33. The number of pyridine rings is 1. The monoisotopic (exact) mass is 268 g/mol. The second-order valence-electron chi connectivity index (χ2n) is 5.22. The van der Waals surface area contributed by atoms with Crippen LogP contribution in [0.25, 0.3) is 0 Å². The summed E-state index contributed by atoms with van der Waals surface area (Å²) in [7, 11) is 0. The minimum atomic E-state index is 0.263. The number of hydrogen-bond acceptors (Lipinski definition) is 3. The van der Waals surface area contributed by atoms with E-state index in [1.807, 2.05) is 13.0 Å². The van der Waals surface area contributed by atoms with Gasteiger partial charge in [0.2, 0.25) is 0 Å². The quantitative estimate of drug-likeness (QED) is 0.915.